The third kappa shape index (κ3) is 4.49. The molecule has 0 radical (unpaired) electrons. The molecule has 0 spiro atoms. The lowest BCUT2D eigenvalue weighted by Crippen LogP contribution is -1.93. The van der Waals surface area contributed by atoms with Gasteiger partial charge in [0.05, 0.1) is 16.4 Å². The summed E-state index contributed by atoms with van der Waals surface area (Å²) >= 11 is 0. The van der Waals surface area contributed by atoms with E-state index in [2.05, 4.69) is 24.3 Å². The molecule has 0 bridgehead atoms. The first-order chi connectivity index (χ1) is 30.8. The Morgan fingerprint density at radius 1 is 0.462 bits per heavy atom. The monoisotopic (exact) mass is 676 g/mol. The molecule has 10 aromatic rings. The molecule has 1 aliphatic rings. The molecule has 246 valence electrons. The van der Waals surface area contributed by atoms with Gasteiger partial charge in [-0.1, -0.05) is 164 Å². The molecule has 1 fully saturated rings. The van der Waals surface area contributed by atoms with Crippen molar-refractivity contribution in [2.45, 2.75) is 31.6 Å². The second-order valence-electron chi connectivity index (χ2n) is 13.8. The minimum atomic E-state index is -0.584. The third-order valence-corrected chi connectivity index (χ3v) is 11.0. The van der Waals surface area contributed by atoms with Gasteiger partial charge < -0.3 is 4.42 Å². The molecule has 0 N–H and O–H groups in total. The summed E-state index contributed by atoms with van der Waals surface area (Å²) in [5, 5.41) is 5.10. The second kappa shape index (κ2) is 11.7. The van der Waals surface area contributed by atoms with E-state index in [1.54, 1.807) is 12.1 Å². The van der Waals surface area contributed by atoms with Crippen LogP contribution >= 0.6 is 0 Å². The number of fused-ring (bicyclic) bond motifs is 7. The molecule has 11 rings (SSSR count). The van der Waals surface area contributed by atoms with E-state index in [1.807, 2.05) is 54.6 Å². The van der Waals surface area contributed by atoms with Crippen LogP contribution in [-0.4, -0.2) is 0 Å². The highest BCUT2D eigenvalue weighted by molar-refractivity contribution is 6.24. The predicted molar refractivity (Wildman–Crippen MR) is 221 cm³/mol. The molecule has 1 nitrogen and oxygen atoms in total. The summed E-state index contributed by atoms with van der Waals surface area (Å²) in [6, 6.07) is 23.2. The number of hydrogen-bond donors (Lipinski definition) is 0. The Hall–Kier alpha value is -6.18. The lowest BCUT2D eigenvalue weighted by Gasteiger charge is -2.18. The number of benzene rings is 9. The van der Waals surface area contributed by atoms with Crippen LogP contribution in [0, 0.1) is 0 Å². The van der Waals surface area contributed by atoms with Gasteiger partial charge in [0, 0.05) is 16.5 Å². The van der Waals surface area contributed by atoms with Crippen molar-refractivity contribution in [3.8, 4) is 33.6 Å². The molecule has 0 saturated heterocycles. The fourth-order valence-corrected chi connectivity index (χ4v) is 8.58. The van der Waals surface area contributed by atoms with Gasteiger partial charge in [0.2, 0.25) is 0 Å². The maximum absolute atomic E-state index is 9.64. The van der Waals surface area contributed by atoms with Gasteiger partial charge in [-0.3, -0.25) is 0 Å². The number of hydrogen-bond acceptors (Lipinski definition) is 1. The van der Waals surface area contributed by atoms with Crippen molar-refractivity contribution >= 4 is 64.8 Å². The zero-order valence-electron chi connectivity index (χ0n) is 40.0. The Morgan fingerprint density at radius 2 is 1.10 bits per heavy atom. The molecule has 1 heterocycles. The van der Waals surface area contributed by atoms with Crippen LogP contribution in [0.2, 0.25) is 0 Å². The van der Waals surface area contributed by atoms with E-state index in [1.165, 1.54) is 18.4 Å². The smallest absolute Gasteiger partial charge is 0.144 e. The second-order valence-corrected chi connectivity index (χ2v) is 13.8. The first kappa shape index (κ1) is 20.0. The molecule has 0 aliphatic heterocycles. The average molecular weight is 677 g/mol. The van der Waals surface area contributed by atoms with Crippen molar-refractivity contribution in [2.24, 2.45) is 0 Å². The van der Waals surface area contributed by atoms with E-state index in [0.717, 1.165) is 39.8 Å². The highest BCUT2D eigenvalue weighted by Crippen LogP contribution is 2.50. The van der Waals surface area contributed by atoms with E-state index in [-0.39, 0.29) is 55.0 Å². The molecule has 0 unspecified atom stereocenters. The summed E-state index contributed by atoms with van der Waals surface area (Å²) in [6.07, 6.45) is 4.72. The number of para-hydroxylation sites is 1. The van der Waals surface area contributed by atoms with Crippen molar-refractivity contribution in [2.75, 3.05) is 0 Å². The molecule has 1 heteroatoms. The topological polar surface area (TPSA) is 13.1 Å². The van der Waals surface area contributed by atoms with Crippen molar-refractivity contribution < 1.29 is 20.9 Å². The number of furan rings is 1. The standard InChI is InChI=1S/C51H36O/c1-2-13-32(12-1)35-28-29-39-36(30-35)26-24-34-25-27-37(31-46(34)39)48-41-17-5-7-19-43(41)49(44-20-8-6-18-42(44)48)51-50(45-21-9-10-23-47(45)52-51)40-22-11-15-33-14-3-4-16-38(33)40/h3-11,14-32H,1-2,12-13H2/i5D,6D,7D,8D,9D,10D,17D,18D,19D,20D,21D,23D. The third-order valence-electron chi connectivity index (χ3n) is 11.0. The van der Waals surface area contributed by atoms with Gasteiger partial charge in [-0.15, -0.1) is 0 Å². The summed E-state index contributed by atoms with van der Waals surface area (Å²) in [5.41, 5.74) is 2.31. The SMILES string of the molecule is [2H]c1c([2H])c([2H])c2c(-c3cccc4ccccc34)c(-c3c4c([2H])c([2H])c([2H])c([2H])c4c(-c4ccc5ccc6cc(C7CCCC7)ccc6c5c4)c4c([2H])c([2H])c([2H])c([2H])c34)oc2c1[2H]. The zero-order chi connectivity index (χ0) is 44.6. The molecular weight excluding hydrogens is 629 g/mol. The summed E-state index contributed by atoms with van der Waals surface area (Å²) in [4.78, 5) is 0. The highest BCUT2D eigenvalue weighted by Gasteiger charge is 2.25. The van der Waals surface area contributed by atoms with Crippen LogP contribution in [0.25, 0.3) is 98.4 Å². The normalized spacial score (nSPS) is 17.0. The van der Waals surface area contributed by atoms with Gasteiger partial charge in [0.1, 0.15) is 11.3 Å². The maximum atomic E-state index is 9.64. The van der Waals surface area contributed by atoms with Crippen LogP contribution in [0.5, 0.6) is 0 Å². The molecule has 0 atom stereocenters. The fraction of sp³-hybridized carbons (Fsp3) is 0.0980. The van der Waals surface area contributed by atoms with Crippen LogP contribution in [0.1, 0.15) is 53.6 Å². The number of rotatable bonds is 4. The summed E-state index contributed by atoms with van der Waals surface area (Å²) in [5.74, 6) is 0.377. The van der Waals surface area contributed by atoms with Gasteiger partial charge in [0.25, 0.3) is 0 Å². The molecule has 52 heavy (non-hydrogen) atoms. The van der Waals surface area contributed by atoms with Gasteiger partial charge in [-0.05, 0) is 107 Å². The van der Waals surface area contributed by atoms with Crippen LogP contribution in [-0.2, 0) is 0 Å². The Kier molecular flexibility index (Phi) is 4.50. The Bertz CT molecular complexity index is 3630. The lowest BCUT2D eigenvalue weighted by atomic mass is 9.85. The molecule has 0 amide bonds. The van der Waals surface area contributed by atoms with Crippen molar-refractivity contribution in [3.63, 3.8) is 0 Å². The van der Waals surface area contributed by atoms with Crippen molar-refractivity contribution in [3.05, 3.63) is 169 Å². The average Bonchev–Trinajstić information content (AvgIpc) is 4.01. The van der Waals surface area contributed by atoms with Crippen LogP contribution in [0.3, 0.4) is 0 Å². The van der Waals surface area contributed by atoms with E-state index in [0.29, 0.717) is 22.4 Å². The van der Waals surface area contributed by atoms with E-state index in [4.69, 9.17) is 14.0 Å². The summed E-state index contributed by atoms with van der Waals surface area (Å²) in [7, 11) is 0. The highest BCUT2D eigenvalue weighted by atomic mass is 16.3. The van der Waals surface area contributed by atoms with E-state index in [9.17, 15) is 6.85 Å². The molecule has 1 aromatic heterocycles. The van der Waals surface area contributed by atoms with Gasteiger partial charge in [-0.2, -0.15) is 0 Å². The van der Waals surface area contributed by atoms with Crippen molar-refractivity contribution in [1.29, 1.82) is 0 Å². The van der Waals surface area contributed by atoms with Gasteiger partial charge in [-0.25, -0.2) is 0 Å². The molecule has 1 saturated carbocycles. The van der Waals surface area contributed by atoms with Gasteiger partial charge in [0.15, 0.2) is 0 Å². The first-order valence-electron chi connectivity index (χ1n) is 23.7. The van der Waals surface area contributed by atoms with E-state index < -0.39 is 72.5 Å². The molecule has 1 aliphatic carbocycles. The quantitative estimate of drug-likeness (QED) is 0.134. The summed E-state index contributed by atoms with van der Waals surface area (Å²) in [6.45, 7) is 0. The Morgan fingerprint density at radius 3 is 1.88 bits per heavy atom. The van der Waals surface area contributed by atoms with Gasteiger partial charge >= 0.3 is 0 Å². The Balaban J connectivity index is 1.35. The lowest BCUT2D eigenvalue weighted by molar-refractivity contribution is 0.634. The van der Waals surface area contributed by atoms with Crippen LogP contribution < -0.4 is 0 Å². The molecule has 9 aromatic carbocycles. The predicted octanol–water partition coefficient (Wildman–Crippen LogP) is 14.9. The zero-order valence-corrected chi connectivity index (χ0v) is 28.0. The van der Waals surface area contributed by atoms with Crippen LogP contribution in [0.4, 0.5) is 0 Å². The van der Waals surface area contributed by atoms with Crippen LogP contribution in [0.15, 0.2) is 168 Å². The van der Waals surface area contributed by atoms with E-state index >= 15 is 0 Å². The summed E-state index contributed by atoms with van der Waals surface area (Å²) < 4.78 is 117. The fourth-order valence-electron chi connectivity index (χ4n) is 8.58. The largest absolute Gasteiger partial charge is 0.455 e. The minimum Gasteiger partial charge on any atom is -0.455 e. The Labute approximate surface area is 319 Å². The van der Waals surface area contributed by atoms with Crippen molar-refractivity contribution in [1.82, 2.24) is 0 Å². The molecular formula is C51H36O. The first-order valence-corrected chi connectivity index (χ1v) is 17.7. The maximum Gasteiger partial charge on any atom is 0.144 e. The minimum absolute atomic E-state index is 0.00878.